The van der Waals surface area contributed by atoms with Crippen LogP contribution in [0.1, 0.15) is 106 Å². The Kier molecular flexibility index (Phi) is 6.37. The number of hydrogen-bond donors (Lipinski definition) is 1. The minimum Gasteiger partial charge on any atom is -0.279 e. The molecule has 5 aliphatic rings. The van der Waals surface area contributed by atoms with E-state index in [0.29, 0.717) is 28.1 Å². The SMILES string of the molecule is C=C(C)C1CCC2(/C=N/Nc3ccccc3)CC[C@]3(C)[C@H](CC[C@@H]4[C@@]5(C)CCC(=C)C(C)(C)[C@@H]5CC[C@]43C)C12. The maximum atomic E-state index is 4.93. The topological polar surface area (TPSA) is 24.4 Å². The molecule has 5 fully saturated rings. The number of fused-ring (bicyclic) bond motifs is 7. The zero-order valence-electron chi connectivity index (χ0n) is 25.8. The molecule has 1 N–H and O–H groups in total. The van der Waals surface area contributed by atoms with Crippen molar-refractivity contribution >= 4 is 11.9 Å². The fourth-order valence-electron chi connectivity index (χ4n) is 12.1. The van der Waals surface area contributed by atoms with E-state index in [1.165, 1.54) is 75.4 Å². The summed E-state index contributed by atoms with van der Waals surface area (Å²) >= 11 is 0. The van der Waals surface area contributed by atoms with Crippen LogP contribution in [0.3, 0.4) is 0 Å². The Balaban J connectivity index is 1.35. The largest absolute Gasteiger partial charge is 0.279 e. The molecule has 1 aromatic carbocycles. The average Bonchev–Trinajstić information content (AvgIpc) is 3.28. The normalized spacial score (nSPS) is 46.6. The van der Waals surface area contributed by atoms with Gasteiger partial charge in [-0.2, -0.15) is 5.10 Å². The highest BCUT2D eigenvalue weighted by molar-refractivity contribution is 5.69. The lowest BCUT2D eigenvalue weighted by atomic mass is 9.32. The van der Waals surface area contributed by atoms with E-state index >= 15 is 0 Å². The highest BCUT2D eigenvalue weighted by Gasteiger charge is 2.70. The molecule has 0 aliphatic heterocycles. The summed E-state index contributed by atoms with van der Waals surface area (Å²) < 4.78 is 0. The summed E-state index contributed by atoms with van der Waals surface area (Å²) in [4.78, 5) is 0. The molecule has 9 atom stereocenters. The van der Waals surface area contributed by atoms with Crippen LogP contribution in [-0.4, -0.2) is 6.21 Å². The number of rotatable bonds is 4. The fraction of sp³-hybridized carbons (Fsp3) is 0.703. The molecule has 2 nitrogen and oxygen atoms in total. The predicted octanol–water partition coefficient (Wildman–Crippen LogP) is 10.3. The van der Waals surface area contributed by atoms with Crippen LogP contribution in [0.5, 0.6) is 0 Å². The van der Waals surface area contributed by atoms with E-state index in [4.69, 9.17) is 5.10 Å². The molecule has 0 spiro atoms. The highest BCUT2D eigenvalue weighted by Crippen LogP contribution is 2.77. The number of hydrogen-bond acceptors (Lipinski definition) is 2. The Hall–Kier alpha value is -1.83. The Morgan fingerprint density at radius 3 is 2.33 bits per heavy atom. The van der Waals surface area contributed by atoms with E-state index in [2.05, 4.69) is 96.7 Å². The monoisotopic (exact) mass is 526 g/mol. The van der Waals surface area contributed by atoms with Gasteiger partial charge in [0.2, 0.25) is 0 Å². The van der Waals surface area contributed by atoms with E-state index in [0.717, 1.165) is 23.4 Å². The van der Waals surface area contributed by atoms with Crippen LogP contribution < -0.4 is 5.43 Å². The van der Waals surface area contributed by atoms with Crippen LogP contribution in [0, 0.1) is 56.7 Å². The van der Waals surface area contributed by atoms with Crippen molar-refractivity contribution in [3.05, 3.63) is 54.6 Å². The molecule has 0 amide bonds. The predicted molar refractivity (Wildman–Crippen MR) is 167 cm³/mol. The minimum atomic E-state index is 0.199. The fourth-order valence-corrected chi connectivity index (χ4v) is 12.1. The lowest BCUT2D eigenvalue weighted by molar-refractivity contribution is -0.225. The second-order valence-corrected chi connectivity index (χ2v) is 16.0. The summed E-state index contributed by atoms with van der Waals surface area (Å²) in [5.41, 5.74) is 9.05. The Labute approximate surface area is 239 Å². The number of anilines is 1. The molecule has 1 aromatic rings. The number of nitrogens with zero attached hydrogens (tertiary/aromatic N) is 1. The second-order valence-electron chi connectivity index (χ2n) is 16.0. The third-order valence-corrected chi connectivity index (χ3v) is 14.4. The maximum absolute atomic E-state index is 4.93. The molecule has 5 saturated carbocycles. The van der Waals surface area contributed by atoms with Gasteiger partial charge in [-0.1, -0.05) is 77.1 Å². The molecule has 2 heteroatoms. The number of hydrazone groups is 1. The van der Waals surface area contributed by atoms with Crippen molar-refractivity contribution < 1.29 is 0 Å². The molecule has 0 aromatic heterocycles. The lowest BCUT2D eigenvalue weighted by Crippen LogP contribution is -2.65. The van der Waals surface area contributed by atoms with Gasteiger partial charge in [0.25, 0.3) is 0 Å². The van der Waals surface area contributed by atoms with Gasteiger partial charge in [0.05, 0.1) is 5.69 Å². The van der Waals surface area contributed by atoms with E-state index in [-0.39, 0.29) is 10.8 Å². The van der Waals surface area contributed by atoms with Gasteiger partial charge in [0.15, 0.2) is 0 Å². The third-order valence-electron chi connectivity index (χ3n) is 14.4. The van der Waals surface area contributed by atoms with Crippen molar-refractivity contribution in [2.45, 2.75) is 106 Å². The maximum Gasteiger partial charge on any atom is 0.0561 e. The molecule has 5 aliphatic carbocycles. The highest BCUT2D eigenvalue weighted by atomic mass is 15.3. The molecule has 212 valence electrons. The molecule has 39 heavy (non-hydrogen) atoms. The third kappa shape index (κ3) is 3.75. The van der Waals surface area contributed by atoms with Crippen molar-refractivity contribution in [3.63, 3.8) is 0 Å². The number of para-hydroxylation sites is 1. The van der Waals surface area contributed by atoms with Crippen LogP contribution in [0.25, 0.3) is 0 Å². The van der Waals surface area contributed by atoms with E-state index in [1.54, 1.807) is 0 Å². The van der Waals surface area contributed by atoms with Gasteiger partial charge in [-0.3, -0.25) is 5.43 Å². The van der Waals surface area contributed by atoms with Gasteiger partial charge < -0.3 is 0 Å². The molecule has 0 radical (unpaired) electrons. The van der Waals surface area contributed by atoms with Gasteiger partial charge >= 0.3 is 0 Å². The van der Waals surface area contributed by atoms with Crippen LogP contribution in [-0.2, 0) is 0 Å². The van der Waals surface area contributed by atoms with Crippen LogP contribution in [0.4, 0.5) is 5.69 Å². The Bertz CT molecular complexity index is 1160. The van der Waals surface area contributed by atoms with E-state index in [9.17, 15) is 0 Å². The van der Waals surface area contributed by atoms with Crippen LogP contribution in [0.15, 0.2) is 59.7 Å². The number of nitrogens with one attached hydrogen (secondary N) is 1. The van der Waals surface area contributed by atoms with Gasteiger partial charge in [-0.15, -0.1) is 0 Å². The lowest BCUT2D eigenvalue weighted by Gasteiger charge is -2.72. The quantitative estimate of drug-likeness (QED) is 0.235. The van der Waals surface area contributed by atoms with Gasteiger partial charge in [-0.25, -0.2) is 0 Å². The summed E-state index contributed by atoms with van der Waals surface area (Å²) in [5, 5.41) is 4.93. The Morgan fingerprint density at radius 2 is 1.62 bits per heavy atom. The molecule has 0 saturated heterocycles. The first-order chi connectivity index (χ1) is 18.4. The Morgan fingerprint density at radius 1 is 0.872 bits per heavy atom. The van der Waals surface area contributed by atoms with Crippen molar-refractivity contribution in [1.29, 1.82) is 0 Å². The molecule has 0 bridgehead atoms. The van der Waals surface area contributed by atoms with Crippen LogP contribution >= 0.6 is 0 Å². The summed E-state index contributed by atoms with van der Waals surface area (Å²) in [5.74, 6) is 3.65. The first-order valence-corrected chi connectivity index (χ1v) is 16.1. The smallest absolute Gasteiger partial charge is 0.0561 e. The summed E-state index contributed by atoms with van der Waals surface area (Å²) in [6, 6.07) is 10.4. The molecule has 6 rings (SSSR count). The summed E-state index contributed by atoms with van der Waals surface area (Å²) in [6.45, 7) is 24.7. The average molecular weight is 527 g/mol. The van der Waals surface area contributed by atoms with Gasteiger partial charge in [0, 0.05) is 11.6 Å². The van der Waals surface area contributed by atoms with Crippen molar-refractivity contribution in [2.24, 2.45) is 61.8 Å². The molecular weight excluding hydrogens is 472 g/mol. The first kappa shape index (κ1) is 27.3. The summed E-state index contributed by atoms with van der Waals surface area (Å²) in [6.07, 6.45) is 15.7. The van der Waals surface area contributed by atoms with Gasteiger partial charge in [-0.05, 0) is 135 Å². The zero-order valence-corrected chi connectivity index (χ0v) is 25.8. The molecular formula is C37H54N2. The second kappa shape index (κ2) is 9.09. The van der Waals surface area contributed by atoms with E-state index < -0.39 is 0 Å². The first-order valence-electron chi connectivity index (χ1n) is 16.1. The minimum absolute atomic E-state index is 0.199. The summed E-state index contributed by atoms with van der Waals surface area (Å²) in [7, 11) is 0. The molecule has 3 unspecified atom stereocenters. The molecule has 0 heterocycles. The van der Waals surface area contributed by atoms with Gasteiger partial charge in [0.1, 0.15) is 0 Å². The van der Waals surface area contributed by atoms with Crippen molar-refractivity contribution in [1.82, 2.24) is 0 Å². The van der Waals surface area contributed by atoms with Crippen LogP contribution in [0.2, 0.25) is 0 Å². The van der Waals surface area contributed by atoms with Crippen molar-refractivity contribution in [2.75, 3.05) is 5.43 Å². The standard InChI is InChI=1S/C37H54N2/c1-25(2)28-17-21-37(24-38-39-27-12-10-9-11-13-27)23-22-35(7)29(32(28)37)14-15-31-34(6)19-16-26(3)33(4,5)30(34)18-20-36(31,35)8/h9-13,24,28-32,39H,1,3,14-23H2,2,4-8H3/b38-24+/t28?,29-,30+,31-,32?,34+,35-,36-,37?/m1/s1. The van der Waals surface area contributed by atoms with E-state index in [1.807, 2.05) is 0 Å². The van der Waals surface area contributed by atoms with Crippen molar-refractivity contribution in [3.8, 4) is 0 Å². The number of benzene rings is 1. The zero-order chi connectivity index (χ0) is 27.8. The number of allylic oxidation sites excluding steroid dienone is 2.